The Labute approximate surface area is 178 Å². The highest BCUT2D eigenvalue weighted by Crippen LogP contribution is 2.27. The van der Waals surface area contributed by atoms with Crippen LogP contribution in [0, 0.1) is 0 Å². The van der Waals surface area contributed by atoms with Crippen molar-refractivity contribution in [3.8, 4) is 33.6 Å². The molecule has 0 spiro atoms. The molecule has 4 heterocycles. The Morgan fingerprint density at radius 1 is 0.933 bits per heavy atom. The molecule has 5 rings (SSSR count). The topological polar surface area (TPSA) is 84.5 Å². The third-order valence-electron chi connectivity index (χ3n) is 5.41. The molecule has 0 N–H and O–H groups in total. The van der Waals surface area contributed by atoms with E-state index in [4.69, 9.17) is 0 Å². The lowest BCUT2D eigenvalue weighted by molar-refractivity contribution is 0.435. The van der Waals surface area contributed by atoms with E-state index in [1.165, 1.54) is 0 Å². The van der Waals surface area contributed by atoms with E-state index >= 15 is 0 Å². The van der Waals surface area contributed by atoms with Gasteiger partial charge in [0.15, 0.2) is 5.82 Å². The molecule has 0 unspecified atom stereocenters. The molecule has 3 aromatic heterocycles. The van der Waals surface area contributed by atoms with Crippen LogP contribution in [0.2, 0.25) is 0 Å². The molecule has 8 heteroatoms. The highest BCUT2D eigenvalue weighted by atomic mass is 32.2. The van der Waals surface area contributed by atoms with Crippen molar-refractivity contribution in [1.29, 1.82) is 0 Å². The monoisotopic (exact) mass is 418 g/mol. The van der Waals surface area contributed by atoms with Gasteiger partial charge in [0, 0.05) is 54.1 Å². The molecule has 1 saturated heterocycles. The first-order valence-corrected chi connectivity index (χ1v) is 11.5. The third kappa shape index (κ3) is 3.88. The maximum atomic E-state index is 11.9. The summed E-state index contributed by atoms with van der Waals surface area (Å²) in [4.78, 5) is 9.16. The normalized spacial score (nSPS) is 19.1. The molecular formula is C22H22N6OS. The van der Waals surface area contributed by atoms with Crippen LogP contribution in [0.3, 0.4) is 0 Å². The van der Waals surface area contributed by atoms with Crippen LogP contribution in [0.5, 0.6) is 0 Å². The molecule has 0 aliphatic carbocycles. The first kappa shape index (κ1) is 19.0. The van der Waals surface area contributed by atoms with Crippen molar-refractivity contribution in [1.82, 2.24) is 29.5 Å². The average molecular weight is 419 g/mol. The summed E-state index contributed by atoms with van der Waals surface area (Å²) < 4.78 is 15.6. The van der Waals surface area contributed by atoms with E-state index in [9.17, 15) is 4.55 Å². The van der Waals surface area contributed by atoms with Gasteiger partial charge in [0.05, 0.1) is 18.4 Å². The van der Waals surface area contributed by atoms with E-state index in [0.29, 0.717) is 11.6 Å². The minimum absolute atomic E-state index is 0.212. The van der Waals surface area contributed by atoms with Gasteiger partial charge in [-0.1, -0.05) is 29.4 Å². The lowest BCUT2D eigenvalue weighted by Gasteiger charge is -2.24. The number of aromatic nitrogens is 6. The highest BCUT2D eigenvalue weighted by molar-refractivity contribution is 7.91. The van der Waals surface area contributed by atoms with Crippen molar-refractivity contribution in [2.45, 2.75) is 18.9 Å². The summed E-state index contributed by atoms with van der Waals surface area (Å²) in [6.45, 7) is 0. The molecule has 152 valence electrons. The first-order valence-electron chi connectivity index (χ1n) is 9.97. The van der Waals surface area contributed by atoms with Crippen LogP contribution in [0.15, 0.2) is 61.4 Å². The van der Waals surface area contributed by atoms with Gasteiger partial charge in [-0.05, 0) is 24.5 Å². The highest BCUT2D eigenvalue weighted by Gasteiger charge is 2.25. The molecule has 30 heavy (non-hydrogen) atoms. The number of benzene rings is 1. The second kappa shape index (κ2) is 8.04. The fraction of sp³-hybridized carbons (Fsp3) is 0.273. The molecule has 0 bridgehead atoms. The van der Waals surface area contributed by atoms with Gasteiger partial charge >= 0.3 is 0 Å². The van der Waals surface area contributed by atoms with E-state index in [1.54, 1.807) is 4.68 Å². The smallest absolute Gasteiger partial charge is 0.159 e. The van der Waals surface area contributed by atoms with Crippen molar-refractivity contribution in [3.63, 3.8) is 0 Å². The van der Waals surface area contributed by atoms with E-state index in [-0.39, 0.29) is 6.04 Å². The Kier molecular flexibility index (Phi) is 5.10. The van der Waals surface area contributed by atoms with Crippen LogP contribution in [-0.2, 0) is 18.2 Å². The maximum Gasteiger partial charge on any atom is 0.159 e. The van der Waals surface area contributed by atoms with Crippen LogP contribution in [0.4, 0.5) is 0 Å². The van der Waals surface area contributed by atoms with Gasteiger partial charge < -0.3 is 4.55 Å². The number of nitrogens with zero attached hydrogens (tertiary/aromatic N) is 6. The lowest BCUT2D eigenvalue weighted by Crippen LogP contribution is -2.27. The van der Waals surface area contributed by atoms with Gasteiger partial charge in [-0.3, -0.25) is 9.36 Å². The molecule has 4 aromatic rings. The molecule has 0 saturated carbocycles. The van der Waals surface area contributed by atoms with Crippen LogP contribution in [0.25, 0.3) is 33.6 Å². The summed E-state index contributed by atoms with van der Waals surface area (Å²) >= 11 is -0.736. The quantitative estimate of drug-likeness (QED) is 0.474. The molecule has 2 atom stereocenters. The summed E-state index contributed by atoms with van der Waals surface area (Å²) in [6.07, 6.45) is 13.4. The molecule has 1 aliphatic rings. The maximum absolute atomic E-state index is 11.9. The van der Waals surface area contributed by atoms with Gasteiger partial charge in [-0.2, -0.15) is 10.2 Å². The Hall–Kier alpha value is -2.97. The Bertz CT molecular complexity index is 1150. The van der Waals surface area contributed by atoms with Crippen molar-refractivity contribution >= 4 is 11.2 Å². The Balaban J connectivity index is 1.36. The Morgan fingerprint density at radius 3 is 2.47 bits per heavy atom. The van der Waals surface area contributed by atoms with E-state index in [1.807, 2.05) is 61.0 Å². The Morgan fingerprint density at radius 2 is 1.70 bits per heavy atom. The van der Waals surface area contributed by atoms with Crippen molar-refractivity contribution in [2.24, 2.45) is 7.05 Å². The van der Waals surface area contributed by atoms with E-state index < -0.39 is 11.2 Å². The van der Waals surface area contributed by atoms with Gasteiger partial charge in [-0.25, -0.2) is 9.97 Å². The molecule has 1 aliphatic heterocycles. The molecule has 1 fully saturated rings. The lowest BCUT2D eigenvalue weighted by atomic mass is 10.1. The molecule has 7 nitrogen and oxygen atoms in total. The largest absolute Gasteiger partial charge is 0.616 e. The number of rotatable bonds is 4. The van der Waals surface area contributed by atoms with Crippen LogP contribution in [0.1, 0.15) is 18.9 Å². The minimum atomic E-state index is -0.736. The van der Waals surface area contributed by atoms with Crippen molar-refractivity contribution in [2.75, 3.05) is 11.5 Å². The van der Waals surface area contributed by atoms with E-state index in [2.05, 4.69) is 32.3 Å². The van der Waals surface area contributed by atoms with Crippen molar-refractivity contribution in [3.05, 3.63) is 61.4 Å². The third-order valence-corrected chi connectivity index (χ3v) is 6.91. The number of hydrogen-bond acceptors (Lipinski definition) is 5. The average Bonchev–Trinajstić information content (AvgIpc) is 3.44. The van der Waals surface area contributed by atoms with Gasteiger partial charge in [-0.15, -0.1) is 0 Å². The predicted molar refractivity (Wildman–Crippen MR) is 117 cm³/mol. The standard InChI is InChI=1S/C22H22N6OS/c1-27-13-19(11-25-27)16-4-2-5-17(8-16)22-23-9-18(10-24-22)20-12-26-28(14-20)21-6-3-7-30(29)15-21/h2,4-5,8-14,21H,3,6-7,15H2,1H3/t21-,30+/m0/s1. The summed E-state index contributed by atoms with van der Waals surface area (Å²) in [5, 5.41) is 8.74. The number of hydrogen-bond donors (Lipinski definition) is 0. The number of aryl methyl sites for hydroxylation is 1. The zero-order valence-corrected chi connectivity index (χ0v) is 17.5. The molecule has 1 aromatic carbocycles. The second-order valence-electron chi connectivity index (χ2n) is 7.59. The van der Waals surface area contributed by atoms with Gasteiger partial charge in [0.2, 0.25) is 0 Å². The predicted octanol–water partition coefficient (Wildman–Crippen LogP) is 3.49. The summed E-state index contributed by atoms with van der Waals surface area (Å²) in [5.41, 5.74) is 5.00. The summed E-state index contributed by atoms with van der Waals surface area (Å²) in [7, 11) is 1.91. The second-order valence-corrected chi connectivity index (χ2v) is 9.22. The molecule has 0 radical (unpaired) electrons. The van der Waals surface area contributed by atoms with Crippen molar-refractivity contribution < 1.29 is 4.55 Å². The molecule has 0 amide bonds. The fourth-order valence-corrected chi connectivity index (χ4v) is 5.19. The zero-order chi connectivity index (χ0) is 20.5. The SMILES string of the molecule is Cn1cc(-c2cccc(-c3ncc(-c4cnn([C@H]5CCC[S@@+]([O-])C5)c4)cn3)c2)cn1. The fourth-order valence-electron chi connectivity index (χ4n) is 3.79. The molecular weight excluding hydrogens is 396 g/mol. The van der Waals surface area contributed by atoms with Crippen LogP contribution >= 0.6 is 0 Å². The first-order chi connectivity index (χ1) is 14.7. The van der Waals surface area contributed by atoms with Crippen LogP contribution in [-0.4, -0.2) is 45.6 Å². The van der Waals surface area contributed by atoms with E-state index in [0.717, 1.165) is 46.4 Å². The zero-order valence-electron chi connectivity index (χ0n) is 16.7. The van der Waals surface area contributed by atoms with Gasteiger partial charge in [0.1, 0.15) is 11.5 Å². The summed E-state index contributed by atoms with van der Waals surface area (Å²) in [5.74, 6) is 2.17. The minimum Gasteiger partial charge on any atom is -0.616 e. The van der Waals surface area contributed by atoms with Gasteiger partial charge in [0.25, 0.3) is 0 Å². The van der Waals surface area contributed by atoms with Crippen LogP contribution < -0.4 is 0 Å². The summed E-state index contributed by atoms with van der Waals surface area (Å²) in [6, 6.07) is 8.36.